The Balaban J connectivity index is 1.51. The minimum absolute atomic E-state index is 0.0852. The average Bonchev–Trinajstić information content (AvgIpc) is 3.19. The molecule has 2 N–H and O–H groups in total. The molecule has 2 heterocycles. The maximum absolute atomic E-state index is 12.6. The maximum Gasteiger partial charge on any atom is 0.243 e. The molecular formula is C17H23N5O3S. The molecule has 1 amide bonds. The lowest BCUT2D eigenvalue weighted by Crippen LogP contribution is -2.35. The zero-order valence-corrected chi connectivity index (χ0v) is 15.3. The van der Waals surface area contributed by atoms with E-state index in [1.54, 1.807) is 34.8 Å². The zero-order valence-electron chi connectivity index (χ0n) is 14.5. The first kappa shape index (κ1) is 18.5. The minimum atomic E-state index is -3.41. The van der Waals surface area contributed by atoms with E-state index in [9.17, 15) is 13.2 Å². The lowest BCUT2D eigenvalue weighted by atomic mass is 10.1. The molecule has 0 unspecified atom stereocenters. The normalized spacial score (nSPS) is 15.7. The lowest BCUT2D eigenvalue weighted by molar-refractivity contribution is -0.121. The van der Waals surface area contributed by atoms with Gasteiger partial charge in [0, 0.05) is 19.5 Å². The van der Waals surface area contributed by atoms with Crippen LogP contribution in [-0.2, 0) is 27.8 Å². The van der Waals surface area contributed by atoms with Gasteiger partial charge in [-0.25, -0.2) is 8.42 Å². The van der Waals surface area contributed by atoms with Crippen LogP contribution in [0.15, 0.2) is 35.4 Å². The number of rotatable bonds is 7. The highest BCUT2D eigenvalue weighted by atomic mass is 32.2. The number of hydrogen-bond acceptors (Lipinski definition) is 5. The summed E-state index contributed by atoms with van der Waals surface area (Å²) in [5.74, 6) is -0.0852. The minimum Gasteiger partial charge on any atom is -0.350 e. The van der Waals surface area contributed by atoms with Crippen molar-refractivity contribution in [3.05, 3.63) is 41.7 Å². The van der Waals surface area contributed by atoms with E-state index in [0.717, 1.165) is 24.8 Å². The largest absolute Gasteiger partial charge is 0.350 e. The zero-order chi connectivity index (χ0) is 18.4. The number of sulfonamides is 1. The molecule has 140 valence electrons. The number of amides is 1. The third-order valence-electron chi connectivity index (χ3n) is 4.45. The second-order valence-electron chi connectivity index (χ2n) is 6.35. The Morgan fingerprint density at radius 1 is 1.15 bits per heavy atom. The van der Waals surface area contributed by atoms with Crippen LogP contribution in [0.25, 0.3) is 0 Å². The topological polar surface area (TPSA) is 108 Å². The van der Waals surface area contributed by atoms with Gasteiger partial charge in [0.05, 0.1) is 17.6 Å². The Hall–Kier alpha value is -2.26. The summed E-state index contributed by atoms with van der Waals surface area (Å²) in [6, 6.07) is 6.82. The number of aryl methyl sites for hydroxylation is 1. The van der Waals surface area contributed by atoms with Crippen LogP contribution in [-0.4, -0.2) is 47.1 Å². The standard InChI is InChI=1S/C17H23N5O3S/c23-17(18-12-15-13-19-21-20-15)9-6-14-4-7-16(8-5-14)26(24,25)22-10-2-1-3-11-22/h4-5,7-8,13H,1-3,6,9-12H2,(H,18,23)(H,19,20,21). The van der Waals surface area contributed by atoms with Gasteiger partial charge in [0.15, 0.2) is 0 Å². The second-order valence-corrected chi connectivity index (χ2v) is 8.28. The van der Waals surface area contributed by atoms with Crippen LogP contribution in [0, 0.1) is 0 Å². The van der Waals surface area contributed by atoms with E-state index in [1.807, 2.05) is 0 Å². The van der Waals surface area contributed by atoms with Crippen LogP contribution < -0.4 is 5.32 Å². The monoisotopic (exact) mass is 377 g/mol. The Morgan fingerprint density at radius 2 is 1.88 bits per heavy atom. The molecule has 1 aromatic heterocycles. The van der Waals surface area contributed by atoms with Gasteiger partial charge in [0.25, 0.3) is 0 Å². The first-order valence-corrected chi connectivity index (χ1v) is 10.2. The Bertz CT molecular complexity index is 813. The molecule has 1 fully saturated rings. The third-order valence-corrected chi connectivity index (χ3v) is 6.36. The van der Waals surface area contributed by atoms with E-state index in [4.69, 9.17) is 0 Å². The predicted molar refractivity (Wildman–Crippen MR) is 95.6 cm³/mol. The van der Waals surface area contributed by atoms with Gasteiger partial charge >= 0.3 is 0 Å². The summed E-state index contributed by atoms with van der Waals surface area (Å²) >= 11 is 0. The molecule has 0 bridgehead atoms. The number of nitrogens with zero attached hydrogens (tertiary/aromatic N) is 3. The van der Waals surface area contributed by atoms with Crippen molar-refractivity contribution in [2.75, 3.05) is 13.1 Å². The SMILES string of the molecule is O=C(CCc1ccc(S(=O)(=O)N2CCCCC2)cc1)NCc1cn[nH]n1. The predicted octanol–water partition coefficient (Wildman–Crippen LogP) is 1.23. The molecular weight excluding hydrogens is 354 g/mol. The quantitative estimate of drug-likeness (QED) is 0.754. The molecule has 0 radical (unpaired) electrons. The molecule has 1 aliphatic heterocycles. The van der Waals surface area contributed by atoms with Gasteiger partial charge in [0.1, 0.15) is 5.69 Å². The van der Waals surface area contributed by atoms with Crippen LogP contribution >= 0.6 is 0 Å². The van der Waals surface area contributed by atoms with Crippen molar-refractivity contribution in [2.45, 2.75) is 43.5 Å². The van der Waals surface area contributed by atoms with Crippen LogP contribution in [0.4, 0.5) is 0 Å². The number of aromatic amines is 1. The van der Waals surface area contributed by atoms with Gasteiger partial charge in [-0.2, -0.15) is 19.7 Å². The molecule has 0 saturated carbocycles. The first-order valence-electron chi connectivity index (χ1n) is 8.76. The van der Waals surface area contributed by atoms with Crippen molar-refractivity contribution in [3.63, 3.8) is 0 Å². The highest BCUT2D eigenvalue weighted by molar-refractivity contribution is 7.89. The number of H-pyrrole nitrogens is 1. The van der Waals surface area contributed by atoms with Crippen molar-refractivity contribution in [1.29, 1.82) is 0 Å². The van der Waals surface area contributed by atoms with Gasteiger partial charge in [-0.3, -0.25) is 4.79 Å². The molecule has 0 aliphatic carbocycles. The van der Waals surface area contributed by atoms with Crippen LogP contribution in [0.3, 0.4) is 0 Å². The molecule has 26 heavy (non-hydrogen) atoms. The maximum atomic E-state index is 12.6. The summed E-state index contributed by atoms with van der Waals surface area (Å²) in [4.78, 5) is 12.2. The van der Waals surface area contributed by atoms with E-state index in [2.05, 4.69) is 20.7 Å². The molecule has 9 heteroatoms. The fourth-order valence-corrected chi connectivity index (χ4v) is 4.45. The summed E-state index contributed by atoms with van der Waals surface area (Å²) in [5.41, 5.74) is 1.60. The summed E-state index contributed by atoms with van der Waals surface area (Å²) in [6.07, 6.45) is 5.36. The third kappa shape index (κ3) is 4.67. The number of aromatic nitrogens is 3. The number of piperidine rings is 1. The fourth-order valence-electron chi connectivity index (χ4n) is 2.93. The molecule has 1 aromatic carbocycles. The molecule has 0 atom stereocenters. The molecule has 2 aromatic rings. The lowest BCUT2D eigenvalue weighted by Gasteiger charge is -2.25. The van der Waals surface area contributed by atoms with Gasteiger partial charge in [-0.1, -0.05) is 18.6 Å². The summed E-state index contributed by atoms with van der Waals surface area (Å²) < 4.78 is 26.8. The van der Waals surface area contributed by atoms with Crippen LogP contribution in [0.5, 0.6) is 0 Å². The molecule has 3 rings (SSSR count). The molecule has 0 spiro atoms. The van der Waals surface area contributed by atoms with Crippen molar-refractivity contribution in [3.8, 4) is 0 Å². The Morgan fingerprint density at radius 3 is 2.54 bits per heavy atom. The summed E-state index contributed by atoms with van der Waals surface area (Å²) in [5, 5.41) is 12.8. The van der Waals surface area contributed by atoms with Crippen LogP contribution in [0.2, 0.25) is 0 Å². The molecule has 8 nitrogen and oxygen atoms in total. The first-order chi connectivity index (χ1) is 12.6. The summed E-state index contributed by atoms with van der Waals surface area (Å²) in [7, 11) is -3.41. The molecule has 1 saturated heterocycles. The van der Waals surface area contributed by atoms with E-state index in [1.165, 1.54) is 0 Å². The van der Waals surface area contributed by atoms with Gasteiger partial charge < -0.3 is 5.32 Å². The number of nitrogens with one attached hydrogen (secondary N) is 2. The highest BCUT2D eigenvalue weighted by Crippen LogP contribution is 2.21. The summed E-state index contributed by atoms with van der Waals surface area (Å²) in [6.45, 7) is 1.52. The van der Waals surface area contributed by atoms with Gasteiger partial charge in [-0.15, -0.1) is 0 Å². The van der Waals surface area contributed by atoms with Crippen molar-refractivity contribution in [1.82, 2.24) is 25.0 Å². The smallest absolute Gasteiger partial charge is 0.243 e. The second kappa shape index (κ2) is 8.41. The van der Waals surface area contributed by atoms with Crippen molar-refractivity contribution < 1.29 is 13.2 Å². The fraction of sp³-hybridized carbons (Fsp3) is 0.471. The van der Waals surface area contributed by atoms with E-state index >= 15 is 0 Å². The number of hydrogen-bond donors (Lipinski definition) is 2. The van der Waals surface area contributed by atoms with Crippen molar-refractivity contribution >= 4 is 15.9 Å². The van der Waals surface area contributed by atoms with Crippen molar-refractivity contribution in [2.24, 2.45) is 0 Å². The van der Waals surface area contributed by atoms with Gasteiger partial charge in [0.2, 0.25) is 15.9 Å². The average molecular weight is 377 g/mol. The number of carbonyl (C=O) groups is 1. The van der Waals surface area contributed by atoms with E-state index < -0.39 is 10.0 Å². The Labute approximate surface area is 153 Å². The van der Waals surface area contributed by atoms with E-state index in [0.29, 0.717) is 43.1 Å². The molecule has 1 aliphatic rings. The number of carbonyl (C=O) groups excluding carboxylic acids is 1. The van der Waals surface area contributed by atoms with Crippen LogP contribution in [0.1, 0.15) is 36.9 Å². The van der Waals surface area contributed by atoms with E-state index in [-0.39, 0.29) is 5.91 Å². The number of benzene rings is 1. The highest BCUT2D eigenvalue weighted by Gasteiger charge is 2.25. The Kier molecular flexibility index (Phi) is 6.00. The van der Waals surface area contributed by atoms with Gasteiger partial charge in [-0.05, 0) is 37.0 Å².